The number of anilines is 1. The highest BCUT2D eigenvalue weighted by atomic mass is 16.4. The molecule has 20 heavy (non-hydrogen) atoms. The highest BCUT2D eigenvalue weighted by Crippen LogP contribution is 2.29. The van der Waals surface area contributed by atoms with Crippen molar-refractivity contribution in [3.05, 3.63) is 41.5 Å². The number of rotatable bonds is 4. The van der Waals surface area contributed by atoms with Gasteiger partial charge in [0, 0.05) is 18.8 Å². The van der Waals surface area contributed by atoms with E-state index >= 15 is 0 Å². The summed E-state index contributed by atoms with van der Waals surface area (Å²) in [6, 6.07) is 4.76. The molecule has 1 aliphatic rings. The van der Waals surface area contributed by atoms with Crippen LogP contribution in [-0.2, 0) is 6.42 Å². The molecule has 2 rings (SSSR count). The molecule has 1 heterocycles. The third-order valence-electron chi connectivity index (χ3n) is 3.30. The Morgan fingerprint density at radius 1 is 1.45 bits per heavy atom. The Morgan fingerprint density at radius 3 is 2.95 bits per heavy atom. The smallest absolute Gasteiger partial charge is 0.335 e. The summed E-state index contributed by atoms with van der Waals surface area (Å²) in [4.78, 5) is 24.7. The molecule has 5 heteroatoms. The van der Waals surface area contributed by atoms with Gasteiger partial charge < -0.3 is 10.4 Å². The van der Waals surface area contributed by atoms with Gasteiger partial charge in [0.15, 0.2) is 0 Å². The molecule has 0 saturated heterocycles. The van der Waals surface area contributed by atoms with E-state index in [0.29, 0.717) is 18.8 Å². The van der Waals surface area contributed by atoms with Gasteiger partial charge in [-0.15, -0.1) is 0 Å². The molecule has 106 valence electrons. The number of carbonyl (C=O) groups excluding carboxylic acids is 1. The predicted octanol–water partition coefficient (Wildman–Crippen LogP) is 2.42. The monoisotopic (exact) mass is 274 g/mol. The van der Waals surface area contributed by atoms with Crippen molar-refractivity contribution in [2.45, 2.75) is 19.8 Å². The number of urea groups is 1. The molecule has 0 radical (unpaired) electrons. The van der Waals surface area contributed by atoms with Crippen LogP contribution in [0.2, 0.25) is 0 Å². The van der Waals surface area contributed by atoms with E-state index in [1.54, 1.807) is 23.1 Å². The topological polar surface area (TPSA) is 69.6 Å². The second-order valence-corrected chi connectivity index (χ2v) is 4.64. The maximum atomic E-state index is 12.1. The first-order valence-corrected chi connectivity index (χ1v) is 6.66. The van der Waals surface area contributed by atoms with Crippen LogP contribution in [0.4, 0.5) is 10.5 Å². The van der Waals surface area contributed by atoms with Crippen LogP contribution in [0, 0.1) is 0 Å². The number of allylic oxidation sites excluding steroid dienone is 1. The molecule has 1 aromatic carbocycles. The quantitative estimate of drug-likeness (QED) is 0.654. The molecular formula is C15H18N2O3. The lowest BCUT2D eigenvalue weighted by molar-refractivity contribution is 0.0697. The summed E-state index contributed by atoms with van der Waals surface area (Å²) in [5.41, 5.74) is 1.92. The van der Waals surface area contributed by atoms with Crippen LogP contribution >= 0.6 is 0 Å². The Labute approximate surface area is 117 Å². The Hall–Kier alpha value is -2.30. The van der Waals surface area contributed by atoms with Gasteiger partial charge in [0.2, 0.25) is 0 Å². The first-order chi connectivity index (χ1) is 9.63. The first kappa shape index (κ1) is 14.1. The lowest BCUT2D eigenvalue weighted by Crippen LogP contribution is -2.39. The third kappa shape index (κ3) is 2.99. The highest BCUT2D eigenvalue weighted by Gasteiger charge is 2.25. The van der Waals surface area contributed by atoms with E-state index in [2.05, 4.69) is 5.32 Å². The molecule has 0 atom stereocenters. The number of hydrogen-bond acceptors (Lipinski definition) is 2. The van der Waals surface area contributed by atoms with E-state index in [-0.39, 0.29) is 11.6 Å². The standard InChI is InChI=1S/C15H18N2O3/c1-2-3-4-8-16-15(20)17-9-7-11-5-6-12(14(18)19)10-13(11)17/h2-3,5-6,10H,4,7-9H2,1H3,(H,16,20)(H,18,19)/b3-2+. The van der Waals surface area contributed by atoms with E-state index in [9.17, 15) is 9.59 Å². The van der Waals surface area contributed by atoms with Gasteiger partial charge in [0.05, 0.1) is 5.56 Å². The molecule has 0 aromatic heterocycles. The van der Waals surface area contributed by atoms with Crippen molar-refractivity contribution in [2.24, 2.45) is 0 Å². The maximum absolute atomic E-state index is 12.1. The number of fused-ring (bicyclic) bond motifs is 1. The minimum Gasteiger partial charge on any atom is -0.478 e. The lowest BCUT2D eigenvalue weighted by Gasteiger charge is -2.18. The van der Waals surface area contributed by atoms with Gasteiger partial charge in [-0.25, -0.2) is 9.59 Å². The number of nitrogens with zero attached hydrogens (tertiary/aromatic N) is 1. The zero-order chi connectivity index (χ0) is 14.5. The van der Waals surface area contributed by atoms with Crippen molar-refractivity contribution in [3.63, 3.8) is 0 Å². The third-order valence-corrected chi connectivity index (χ3v) is 3.30. The number of carboxylic acids is 1. The summed E-state index contributed by atoms with van der Waals surface area (Å²) in [5, 5.41) is 11.9. The molecule has 1 aliphatic heterocycles. The van der Waals surface area contributed by atoms with E-state index in [1.807, 2.05) is 19.1 Å². The molecule has 5 nitrogen and oxygen atoms in total. The van der Waals surface area contributed by atoms with Crippen LogP contribution in [0.3, 0.4) is 0 Å². The van der Waals surface area contributed by atoms with E-state index < -0.39 is 5.97 Å². The van der Waals surface area contributed by atoms with E-state index in [4.69, 9.17) is 5.11 Å². The Morgan fingerprint density at radius 2 is 2.25 bits per heavy atom. The normalized spacial score (nSPS) is 13.6. The average molecular weight is 274 g/mol. The van der Waals surface area contributed by atoms with Crippen LogP contribution in [0.5, 0.6) is 0 Å². The lowest BCUT2D eigenvalue weighted by atomic mass is 10.1. The molecule has 2 amide bonds. The van der Waals surface area contributed by atoms with Crippen molar-refractivity contribution in [1.29, 1.82) is 0 Å². The largest absolute Gasteiger partial charge is 0.478 e. The van der Waals surface area contributed by atoms with Gasteiger partial charge in [-0.1, -0.05) is 18.2 Å². The van der Waals surface area contributed by atoms with Crippen LogP contribution in [0.15, 0.2) is 30.4 Å². The van der Waals surface area contributed by atoms with E-state index in [0.717, 1.165) is 18.4 Å². The fraction of sp³-hybridized carbons (Fsp3) is 0.333. The number of aromatic carboxylic acids is 1. The van der Waals surface area contributed by atoms with Crippen molar-refractivity contribution < 1.29 is 14.7 Å². The second-order valence-electron chi connectivity index (χ2n) is 4.64. The Kier molecular flexibility index (Phi) is 4.40. The summed E-state index contributed by atoms with van der Waals surface area (Å²) in [5.74, 6) is -0.979. The number of hydrogen-bond donors (Lipinski definition) is 2. The molecule has 0 fully saturated rings. The minimum atomic E-state index is -0.979. The zero-order valence-corrected chi connectivity index (χ0v) is 11.4. The molecule has 2 N–H and O–H groups in total. The van der Waals surface area contributed by atoms with Crippen molar-refractivity contribution in [1.82, 2.24) is 5.32 Å². The number of benzene rings is 1. The molecule has 0 spiro atoms. The first-order valence-electron chi connectivity index (χ1n) is 6.66. The molecule has 0 unspecified atom stereocenters. The molecule has 1 aromatic rings. The molecule has 0 bridgehead atoms. The minimum absolute atomic E-state index is 0.171. The highest BCUT2D eigenvalue weighted by molar-refractivity contribution is 5.96. The van der Waals surface area contributed by atoms with Gasteiger partial charge in [-0.2, -0.15) is 0 Å². The Bertz CT molecular complexity index is 552. The number of nitrogens with one attached hydrogen (secondary N) is 1. The fourth-order valence-electron chi connectivity index (χ4n) is 2.25. The number of carbonyl (C=O) groups is 2. The van der Waals surface area contributed by atoms with Gasteiger partial charge in [-0.3, -0.25) is 4.90 Å². The number of carboxylic acid groups (broad SMARTS) is 1. The molecule has 0 aliphatic carbocycles. The summed E-state index contributed by atoms with van der Waals surface area (Å²) in [6.07, 6.45) is 5.48. The zero-order valence-electron chi connectivity index (χ0n) is 11.4. The van der Waals surface area contributed by atoms with Crippen LogP contribution in [0.25, 0.3) is 0 Å². The molecule has 0 saturated carbocycles. The second kappa shape index (κ2) is 6.23. The Balaban J connectivity index is 2.08. The summed E-state index contributed by atoms with van der Waals surface area (Å²) in [6.45, 7) is 3.10. The summed E-state index contributed by atoms with van der Waals surface area (Å²) < 4.78 is 0. The van der Waals surface area contributed by atoms with Crippen molar-refractivity contribution in [3.8, 4) is 0 Å². The number of amides is 2. The average Bonchev–Trinajstić information content (AvgIpc) is 2.86. The molecular weight excluding hydrogens is 256 g/mol. The van der Waals surface area contributed by atoms with Gasteiger partial charge >= 0.3 is 12.0 Å². The van der Waals surface area contributed by atoms with Crippen molar-refractivity contribution >= 4 is 17.7 Å². The summed E-state index contributed by atoms with van der Waals surface area (Å²) in [7, 11) is 0. The SMILES string of the molecule is C/C=C/CCNC(=O)N1CCc2ccc(C(=O)O)cc21. The van der Waals surface area contributed by atoms with Gasteiger partial charge in [0.25, 0.3) is 0 Å². The van der Waals surface area contributed by atoms with Crippen LogP contribution in [0.1, 0.15) is 29.3 Å². The summed E-state index contributed by atoms with van der Waals surface area (Å²) >= 11 is 0. The van der Waals surface area contributed by atoms with Crippen LogP contribution < -0.4 is 10.2 Å². The van der Waals surface area contributed by atoms with Gasteiger partial charge in [-0.05, 0) is 37.5 Å². The predicted molar refractivity (Wildman–Crippen MR) is 77.3 cm³/mol. The maximum Gasteiger partial charge on any atom is 0.335 e. The van der Waals surface area contributed by atoms with Crippen LogP contribution in [-0.4, -0.2) is 30.2 Å². The van der Waals surface area contributed by atoms with Crippen molar-refractivity contribution in [2.75, 3.05) is 18.0 Å². The van der Waals surface area contributed by atoms with E-state index in [1.165, 1.54) is 0 Å². The fourth-order valence-corrected chi connectivity index (χ4v) is 2.25. The van der Waals surface area contributed by atoms with Gasteiger partial charge in [0.1, 0.15) is 0 Å².